The van der Waals surface area contributed by atoms with Crippen molar-refractivity contribution in [2.75, 3.05) is 13.2 Å². The molecule has 2 N–H and O–H groups in total. The van der Waals surface area contributed by atoms with E-state index in [9.17, 15) is 5.11 Å². The van der Waals surface area contributed by atoms with Gasteiger partial charge < -0.3 is 15.2 Å². The van der Waals surface area contributed by atoms with Crippen molar-refractivity contribution in [2.45, 2.75) is 84.5 Å². The maximum atomic E-state index is 10.00. The van der Waals surface area contributed by atoms with Crippen LogP contribution in [0, 0.1) is 11.8 Å². The van der Waals surface area contributed by atoms with Crippen molar-refractivity contribution in [1.82, 2.24) is 5.32 Å². The van der Waals surface area contributed by atoms with Crippen molar-refractivity contribution in [1.29, 1.82) is 0 Å². The summed E-state index contributed by atoms with van der Waals surface area (Å²) >= 11 is 0. The van der Waals surface area contributed by atoms with Gasteiger partial charge in [-0.3, -0.25) is 0 Å². The van der Waals surface area contributed by atoms with Crippen LogP contribution in [0.2, 0.25) is 0 Å². The summed E-state index contributed by atoms with van der Waals surface area (Å²) in [4.78, 5) is 0. The fourth-order valence-electron chi connectivity index (χ4n) is 3.06. The highest BCUT2D eigenvalue weighted by Crippen LogP contribution is 2.22. The molecule has 4 unspecified atom stereocenters. The summed E-state index contributed by atoms with van der Waals surface area (Å²) < 4.78 is 5.71. The summed E-state index contributed by atoms with van der Waals surface area (Å²) in [6, 6.07) is 0.586. The van der Waals surface area contributed by atoms with Crippen LogP contribution in [0.1, 0.15) is 66.2 Å². The fraction of sp³-hybridized carbons (Fsp3) is 1.00. The molecule has 0 aliphatic heterocycles. The number of aliphatic hydroxyl groups is 1. The molecule has 3 heteroatoms. The van der Waals surface area contributed by atoms with E-state index in [1.807, 2.05) is 0 Å². The topological polar surface area (TPSA) is 41.5 Å². The first-order valence-electron chi connectivity index (χ1n) is 8.50. The second kappa shape index (κ2) is 9.75. The number of aliphatic hydroxyl groups excluding tert-OH is 1. The minimum Gasteiger partial charge on any atom is -0.389 e. The Morgan fingerprint density at radius 1 is 1.15 bits per heavy atom. The molecular weight excluding hydrogens is 250 g/mol. The van der Waals surface area contributed by atoms with Crippen LogP contribution in [0.5, 0.6) is 0 Å². The van der Waals surface area contributed by atoms with Crippen LogP contribution >= 0.6 is 0 Å². The smallest absolute Gasteiger partial charge is 0.0897 e. The summed E-state index contributed by atoms with van der Waals surface area (Å²) in [6.07, 6.45) is 7.40. The third-order valence-electron chi connectivity index (χ3n) is 4.28. The predicted octanol–water partition coefficient (Wildman–Crippen LogP) is 3.36. The van der Waals surface area contributed by atoms with E-state index in [1.165, 1.54) is 32.1 Å². The molecule has 0 heterocycles. The Kier molecular flexibility index (Phi) is 8.74. The van der Waals surface area contributed by atoms with Gasteiger partial charge in [0.05, 0.1) is 18.8 Å². The molecule has 1 fully saturated rings. The molecule has 1 aliphatic rings. The van der Waals surface area contributed by atoms with Gasteiger partial charge in [-0.15, -0.1) is 0 Å². The Morgan fingerprint density at radius 3 is 2.60 bits per heavy atom. The molecule has 0 aromatic rings. The molecule has 3 nitrogen and oxygen atoms in total. The number of ether oxygens (including phenoxy) is 1. The third kappa shape index (κ3) is 8.23. The van der Waals surface area contributed by atoms with E-state index in [4.69, 9.17) is 4.74 Å². The van der Waals surface area contributed by atoms with Crippen LogP contribution < -0.4 is 5.32 Å². The van der Waals surface area contributed by atoms with E-state index in [1.54, 1.807) is 0 Å². The molecule has 1 saturated carbocycles. The fourth-order valence-corrected chi connectivity index (χ4v) is 3.06. The standard InChI is InChI=1S/C17H35NO2/c1-13(2)10-15(4)20-12-17(19)11-18-16-7-5-6-14(3)8-9-16/h13-19H,5-12H2,1-4H3. The molecule has 1 aliphatic carbocycles. The lowest BCUT2D eigenvalue weighted by Crippen LogP contribution is -2.37. The van der Waals surface area contributed by atoms with Gasteiger partial charge in [0.25, 0.3) is 0 Å². The van der Waals surface area contributed by atoms with Gasteiger partial charge in [-0.1, -0.05) is 33.6 Å². The second-order valence-electron chi connectivity index (χ2n) is 7.15. The van der Waals surface area contributed by atoms with E-state index in [-0.39, 0.29) is 12.2 Å². The zero-order valence-electron chi connectivity index (χ0n) is 13.9. The Labute approximate surface area is 125 Å². The molecule has 0 saturated heterocycles. The van der Waals surface area contributed by atoms with Crippen LogP contribution in [-0.4, -0.2) is 36.5 Å². The summed E-state index contributed by atoms with van der Waals surface area (Å²) in [5, 5.41) is 13.5. The van der Waals surface area contributed by atoms with Crippen molar-refractivity contribution < 1.29 is 9.84 Å². The molecule has 0 aromatic heterocycles. The Balaban J connectivity index is 2.11. The number of hydrogen-bond acceptors (Lipinski definition) is 3. The van der Waals surface area contributed by atoms with Crippen LogP contribution in [0.15, 0.2) is 0 Å². The Hall–Kier alpha value is -0.120. The quantitative estimate of drug-likeness (QED) is 0.672. The lowest BCUT2D eigenvalue weighted by Gasteiger charge is -2.21. The molecule has 0 bridgehead atoms. The zero-order valence-corrected chi connectivity index (χ0v) is 13.9. The van der Waals surface area contributed by atoms with Gasteiger partial charge in [0.2, 0.25) is 0 Å². The van der Waals surface area contributed by atoms with Crippen LogP contribution in [0.3, 0.4) is 0 Å². The minimum absolute atomic E-state index is 0.239. The first-order valence-corrected chi connectivity index (χ1v) is 8.50. The monoisotopic (exact) mass is 285 g/mol. The van der Waals surface area contributed by atoms with E-state index in [2.05, 4.69) is 33.0 Å². The third-order valence-corrected chi connectivity index (χ3v) is 4.28. The van der Waals surface area contributed by atoms with Crippen molar-refractivity contribution in [3.05, 3.63) is 0 Å². The maximum absolute atomic E-state index is 10.00. The minimum atomic E-state index is -0.384. The highest BCUT2D eigenvalue weighted by Gasteiger charge is 2.17. The highest BCUT2D eigenvalue weighted by molar-refractivity contribution is 4.74. The number of nitrogens with one attached hydrogen (secondary N) is 1. The zero-order chi connectivity index (χ0) is 15.0. The van der Waals surface area contributed by atoms with E-state index in [0.717, 1.165) is 12.3 Å². The van der Waals surface area contributed by atoms with Crippen molar-refractivity contribution in [2.24, 2.45) is 11.8 Å². The Bertz CT molecular complexity index is 245. The van der Waals surface area contributed by atoms with Gasteiger partial charge in [-0.2, -0.15) is 0 Å². The molecular formula is C17H35NO2. The number of rotatable bonds is 8. The van der Waals surface area contributed by atoms with Gasteiger partial charge in [0.15, 0.2) is 0 Å². The highest BCUT2D eigenvalue weighted by atomic mass is 16.5. The maximum Gasteiger partial charge on any atom is 0.0897 e. The molecule has 0 aromatic carbocycles. The Morgan fingerprint density at radius 2 is 1.90 bits per heavy atom. The second-order valence-corrected chi connectivity index (χ2v) is 7.15. The van der Waals surface area contributed by atoms with E-state index >= 15 is 0 Å². The van der Waals surface area contributed by atoms with Gasteiger partial charge in [-0.05, 0) is 44.4 Å². The molecule has 0 amide bonds. The largest absolute Gasteiger partial charge is 0.389 e. The molecule has 0 radical (unpaired) electrons. The molecule has 0 spiro atoms. The molecule has 120 valence electrons. The van der Waals surface area contributed by atoms with Crippen LogP contribution in [-0.2, 0) is 4.74 Å². The summed E-state index contributed by atoms with van der Waals surface area (Å²) in [7, 11) is 0. The van der Waals surface area contributed by atoms with Gasteiger partial charge in [0, 0.05) is 12.6 Å². The summed E-state index contributed by atoms with van der Waals surface area (Å²) in [6.45, 7) is 9.95. The van der Waals surface area contributed by atoms with Gasteiger partial charge >= 0.3 is 0 Å². The average Bonchev–Trinajstić information content (AvgIpc) is 2.58. The first kappa shape index (κ1) is 17.9. The van der Waals surface area contributed by atoms with Gasteiger partial charge in [-0.25, -0.2) is 0 Å². The number of hydrogen-bond donors (Lipinski definition) is 2. The van der Waals surface area contributed by atoms with Crippen molar-refractivity contribution in [3.63, 3.8) is 0 Å². The van der Waals surface area contributed by atoms with E-state index < -0.39 is 0 Å². The first-order chi connectivity index (χ1) is 9.47. The molecule has 4 atom stereocenters. The van der Waals surface area contributed by atoms with Crippen LogP contribution in [0.4, 0.5) is 0 Å². The summed E-state index contributed by atoms with van der Waals surface area (Å²) in [5.74, 6) is 1.51. The predicted molar refractivity (Wildman–Crippen MR) is 84.9 cm³/mol. The molecule has 1 rings (SSSR count). The average molecular weight is 285 g/mol. The van der Waals surface area contributed by atoms with Crippen molar-refractivity contribution in [3.8, 4) is 0 Å². The normalized spacial score (nSPS) is 27.3. The van der Waals surface area contributed by atoms with Crippen molar-refractivity contribution >= 4 is 0 Å². The van der Waals surface area contributed by atoms with Crippen LogP contribution in [0.25, 0.3) is 0 Å². The van der Waals surface area contributed by atoms with E-state index in [0.29, 0.717) is 25.1 Å². The SMILES string of the molecule is CC(C)CC(C)OCC(O)CNC1CCCC(C)CC1. The molecule has 20 heavy (non-hydrogen) atoms. The van der Waals surface area contributed by atoms with Gasteiger partial charge in [0.1, 0.15) is 0 Å². The lowest BCUT2D eigenvalue weighted by molar-refractivity contribution is -0.00939. The lowest BCUT2D eigenvalue weighted by atomic mass is 10.0. The summed E-state index contributed by atoms with van der Waals surface area (Å²) in [5.41, 5.74) is 0.